The molecule has 0 aliphatic heterocycles. The minimum Gasteiger partial charge on any atom is -0.492 e. The van der Waals surface area contributed by atoms with E-state index in [4.69, 9.17) is 4.74 Å². The molecule has 24 heavy (non-hydrogen) atoms. The first-order valence-corrected chi connectivity index (χ1v) is 8.40. The van der Waals surface area contributed by atoms with Gasteiger partial charge in [-0.3, -0.25) is 4.79 Å². The summed E-state index contributed by atoms with van der Waals surface area (Å²) in [6, 6.07) is 15.2. The zero-order chi connectivity index (χ0) is 17.5. The number of rotatable bonds is 7. The van der Waals surface area contributed by atoms with E-state index < -0.39 is 0 Å². The molecule has 0 radical (unpaired) electrons. The third-order valence-electron chi connectivity index (χ3n) is 3.80. The third kappa shape index (κ3) is 4.75. The van der Waals surface area contributed by atoms with Gasteiger partial charge in [0.15, 0.2) is 0 Å². The van der Waals surface area contributed by atoms with Crippen LogP contribution >= 0.6 is 0 Å². The average molecular weight is 326 g/mol. The minimum absolute atomic E-state index is 0.0846. The van der Waals surface area contributed by atoms with Gasteiger partial charge >= 0.3 is 0 Å². The molecule has 4 nitrogen and oxygen atoms in total. The summed E-state index contributed by atoms with van der Waals surface area (Å²) >= 11 is 0. The molecule has 2 rings (SSSR count). The van der Waals surface area contributed by atoms with Gasteiger partial charge < -0.3 is 15.4 Å². The summed E-state index contributed by atoms with van der Waals surface area (Å²) in [5, 5.41) is 6.15. The van der Waals surface area contributed by atoms with Gasteiger partial charge in [-0.05, 0) is 49.6 Å². The van der Waals surface area contributed by atoms with Crippen molar-refractivity contribution in [3.63, 3.8) is 0 Å². The van der Waals surface area contributed by atoms with E-state index in [1.54, 1.807) is 0 Å². The molecule has 0 fully saturated rings. The van der Waals surface area contributed by atoms with Crippen LogP contribution in [-0.2, 0) is 4.79 Å². The van der Waals surface area contributed by atoms with Gasteiger partial charge in [0.05, 0.1) is 12.3 Å². The highest BCUT2D eigenvalue weighted by molar-refractivity contribution is 5.96. The zero-order valence-electron chi connectivity index (χ0n) is 14.8. The Kier molecular flexibility index (Phi) is 6.24. The molecule has 2 aromatic rings. The SMILES string of the molecule is CCOc1ccccc1N[C@@H](C)C(=O)Nc1ccc(C(C)C)cc1. The quantitative estimate of drug-likeness (QED) is 0.779. The lowest BCUT2D eigenvalue weighted by Crippen LogP contribution is -2.32. The Morgan fingerprint density at radius 1 is 1.04 bits per heavy atom. The fourth-order valence-electron chi connectivity index (χ4n) is 2.37. The summed E-state index contributed by atoms with van der Waals surface area (Å²) < 4.78 is 5.58. The van der Waals surface area contributed by atoms with E-state index in [0.29, 0.717) is 12.5 Å². The summed E-state index contributed by atoms with van der Waals surface area (Å²) in [6.45, 7) is 8.65. The molecule has 0 spiro atoms. The highest BCUT2D eigenvalue weighted by atomic mass is 16.5. The van der Waals surface area contributed by atoms with Gasteiger partial charge in [0, 0.05) is 5.69 Å². The summed E-state index contributed by atoms with van der Waals surface area (Å²) in [4.78, 5) is 12.4. The topological polar surface area (TPSA) is 50.4 Å². The van der Waals surface area contributed by atoms with Crippen LogP contribution in [0.1, 0.15) is 39.2 Å². The van der Waals surface area contributed by atoms with E-state index >= 15 is 0 Å². The number of nitrogens with one attached hydrogen (secondary N) is 2. The van der Waals surface area contributed by atoms with Gasteiger partial charge in [-0.2, -0.15) is 0 Å². The number of ether oxygens (including phenoxy) is 1. The lowest BCUT2D eigenvalue weighted by molar-refractivity contribution is -0.116. The lowest BCUT2D eigenvalue weighted by Gasteiger charge is -2.18. The number of anilines is 2. The molecule has 0 aliphatic rings. The first-order valence-electron chi connectivity index (χ1n) is 8.40. The summed E-state index contributed by atoms with van der Waals surface area (Å²) in [6.07, 6.45) is 0. The van der Waals surface area contributed by atoms with E-state index in [0.717, 1.165) is 17.1 Å². The van der Waals surface area contributed by atoms with Crippen molar-refractivity contribution >= 4 is 17.3 Å². The zero-order valence-corrected chi connectivity index (χ0v) is 14.8. The molecule has 0 saturated carbocycles. The van der Waals surface area contributed by atoms with E-state index in [-0.39, 0.29) is 11.9 Å². The Morgan fingerprint density at radius 3 is 2.33 bits per heavy atom. The van der Waals surface area contributed by atoms with Crippen molar-refractivity contribution in [3.05, 3.63) is 54.1 Å². The molecular weight excluding hydrogens is 300 g/mol. The Morgan fingerprint density at radius 2 is 1.71 bits per heavy atom. The monoisotopic (exact) mass is 326 g/mol. The maximum Gasteiger partial charge on any atom is 0.246 e. The molecule has 4 heteroatoms. The number of hydrogen-bond acceptors (Lipinski definition) is 3. The van der Waals surface area contributed by atoms with Crippen LogP contribution in [0.3, 0.4) is 0 Å². The predicted octanol–water partition coefficient (Wildman–Crippen LogP) is 4.65. The maximum absolute atomic E-state index is 12.4. The lowest BCUT2D eigenvalue weighted by atomic mass is 10.0. The van der Waals surface area contributed by atoms with Crippen LogP contribution < -0.4 is 15.4 Å². The van der Waals surface area contributed by atoms with Crippen molar-refractivity contribution in [2.24, 2.45) is 0 Å². The van der Waals surface area contributed by atoms with Crippen molar-refractivity contribution in [2.45, 2.75) is 39.7 Å². The van der Waals surface area contributed by atoms with Gasteiger partial charge in [0.1, 0.15) is 11.8 Å². The fourth-order valence-corrected chi connectivity index (χ4v) is 2.37. The van der Waals surface area contributed by atoms with Crippen LogP contribution in [-0.4, -0.2) is 18.6 Å². The van der Waals surface area contributed by atoms with Gasteiger partial charge in [-0.1, -0.05) is 38.1 Å². The van der Waals surface area contributed by atoms with Crippen molar-refractivity contribution < 1.29 is 9.53 Å². The Labute approximate surface area is 144 Å². The van der Waals surface area contributed by atoms with Crippen molar-refractivity contribution in [2.75, 3.05) is 17.2 Å². The highest BCUT2D eigenvalue weighted by Crippen LogP contribution is 2.24. The predicted molar refractivity (Wildman–Crippen MR) is 99.9 cm³/mol. The van der Waals surface area contributed by atoms with Gasteiger partial charge in [0.25, 0.3) is 0 Å². The Balaban J connectivity index is 1.99. The molecule has 0 aromatic heterocycles. The Bertz CT molecular complexity index is 666. The number of amides is 1. The molecule has 1 atom stereocenters. The third-order valence-corrected chi connectivity index (χ3v) is 3.80. The van der Waals surface area contributed by atoms with Crippen LogP contribution in [0, 0.1) is 0 Å². The average Bonchev–Trinajstić information content (AvgIpc) is 2.57. The number of para-hydroxylation sites is 2. The molecule has 0 heterocycles. The molecule has 2 aromatic carbocycles. The molecule has 0 aliphatic carbocycles. The summed E-state index contributed by atoms with van der Waals surface area (Å²) in [5.41, 5.74) is 2.87. The number of hydrogen-bond donors (Lipinski definition) is 2. The smallest absolute Gasteiger partial charge is 0.246 e. The second-order valence-electron chi connectivity index (χ2n) is 6.06. The molecule has 1 amide bonds. The van der Waals surface area contributed by atoms with Crippen molar-refractivity contribution in [1.29, 1.82) is 0 Å². The minimum atomic E-state index is -0.378. The first kappa shape index (κ1) is 17.9. The van der Waals surface area contributed by atoms with Gasteiger partial charge in [0.2, 0.25) is 5.91 Å². The molecule has 128 valence electrons. The number of benzene rings is 2. The maximum atomic E-state index is 12.4. The second-order valence-corrected chi connectivity index (χ2v) is 6.06. The van der Waals surface area contributed by atoms with Gasteiger partial charge in [-0.25, -0.2) is 0 Å². The van der Waals surface area contributed by atoms with E-state index in [9.17, 15) is 4.79 Å². The van der Waals surface area contributed by atoms with Crippen LogP contribution in [0.15, 0.2) is 48.5 Å². The Hall–Kier alpha value is -2.49. The fraction of sp³-hybridized carbons (Fsp3) is 0.350. The standard InChI is InChI=1S/C20H26N2O2/c1-5-24-19-9-7-6-8-18(19)21-15(4)20(23)22-17-12-10-16(11-13-17)14(2)3/h6-15,21H,5H2,1-4H3,(H,22,23)/t15-/m0/s1. The summed E-state index contributed by atoms with van der Waals surface area (Å²) in [5.74, 6) is 1.14. The molecule has 0 saturated heterocycles. The first-order chi connectivity index (χ1) is 11.5. The molecule has 0 unspecified atom stereocenters. The normalized spacial score (nSPS) is 11.9. The molecule has 2 N–H and O–H groups in total. The van der Waals surface area contributed by atoms with Gasteiger partial charge in [-0.15, -0.1) is 0 Å². The van der Waals surface area contributed by atoms with Crippen LogP contribution in [0.25, 0.3) is 0 Å². The number of carbonyl (C=O) groups is 1. The van der Waals surface area contributed by atoms with E-state index in [1.807, 2.05) is 62.4 Å². The second kappa shape index (κ2) is 8.39. The largest absolute Gasteiger partial charge is 0.492 e. The van der Waals surface area contributed by atoms with E-state index in [2.05, 4.69) is 24.5 Å². The van der Waals surface area contributed by atoms with Crippen molar-refractivity contribution in [3.8, 4) is 5.75 Å². The van der Waals surface area contributed by atoms with Crippen molar-refractivity contribution in [1.82, 2.24) is 0 Å². The van der Waals surface area contributed by atoms with Crippen LogP contribution in [0.4, 0.5) is 11.4 Å². The highest BCUT2D eigenvalue weighted by Gasteiger charge is 2.15. The molecule has 0 bridgehead atoms. The summed E-state index contributed by atoms with van der Waals surface area (Å²) in [7, 11) is 0. The van der Waals surface area contributed by atoms with Crippen LogP contribution in [0.5, 0.6) is 5.75 Å². The molecular formula is C20H26N2O2. The van der Waals surface area contributed by atoms with Crippen LogP contribution in [0.2, 0.25) is 0 Å². The number of carbonyl (C=O) groups excluding carboxylic acids is 1. The van der Waals surface area contributed by atoms with E-state index in [1.165, 1.54) is 5.56 Å².